The Hall–Kier alpha value is -0.870. The zero-order chi connectivity index (χ0) is 13.5. The zero-order valence-electron chi connectivity index (χ0n) is 11.7. The van der Waals surface area contributed by atoms with Crippen molar-refractivity contribution in [2.75, 3.05) is 13.6 Å². The van der Waals surface area contributed by atoms with Gasteiger partial charge in [0.05, 0.1) is 13.1 Å². The van der Waals surface area contributed by atoms with Crippen LogP contribution in [0.25, 0.3) is 0 Å². The summed E-state index contributed by atoms with van der Waals surface area (Å²) < 4.78 is 0. The first-order valence-electron chi connectivity index (χ1n) is 7.25. The van der Waals surface area contributed by atoms with Gasteiger partial charge in [0.2, 0.25) is 5.91 Å². The van der Waals surface area contributed by atoms with Crippen LogP contribution >= 0.6 is 11.3 Å². The van der Waals surface area contributed by atoms with Crippen LogP contribution in [0.5, 0.6) is 0 Å². The number of amides is 1. The molecule has 1 amide bonds. The molecule has 0 bridgehead atoms. The van der Waals surface area contributed by atoms with E-state index in [9.17, 15) is 4.79 Å². The summed E-state index contributed by atoms with van der Waals surface area (Å²) in [6, 6.07) is 4.67. The second-order valence-corrected chi connectivity index (χ2v) is 6.45. The number of thiophene rings is 1. The molecule has 1 N–H and O–H groups in total. The largest absolute Gasteiger partial charge is 0.350 e. The second-order valence-electron chi connectivity index (χ2n) is 5.42. The molecule has 0 atom stereocenters. The van der Waals surface area contributed by atoms with Crippen molar-refractivity contribution < 1.29 is 4.79 Å². The van der Waals surface area contributed by atoms with Crippen molar-refractivity contribution >= 4 is 17.2 Å². The summed E-state index contributed by atoms with van der Waals surface area (Å²) in [5.41, 5.74) is 0. The lowest BCUT2D eigenvalue weighted by molar-refractivity contribution is -0.122. The fourth-order valence-corrected chi connectivity index (χ4v) is 3.35. The Morgan fingerprint density at radius 2 is 2.11 bits per heavy atom. The van der Waals surface area contributed by atoms with E-state index >= 15 is 0 Å². The molecule has 0 saturated heterocycles. The van der Waals surface area contributed by atoms with Crippen molar-refractivity contribution in [1.82, 2.24) is 10.2 Å². The topological polar surface area (TPSA) is 32.3 Å². The predicted molar refractivity (Wildman–Crippen MR) is 80.3 cm³/mol. The Bertz CT molecular complexity index is 370. The molecule has 0 unspecified atom stereocenters. The first-order valence-corrected chi connectivity index (χ1v) is 8.13. The molecule has 106 valence electrons. The standard InChI is InChI=1S/C15H24N2OS/c1-17(13-7-4-2-3-5-8-13)12-15(18)16-11-14-9-6-10-19-14/h6,9-10,13H,2-5,7-8,11-12H2,1H3,(H,16,18). The van der Waals surface area contributed by atoms with Gasteiger partial charge in [0.25, 0.3) is 0 Å². The molecule has 3 nitrogen and oxygen atoms in total. The fraction of sp³-hybridized carbons (Fsp3) is 0.667. The van der Waals surface area contributed by atoms with Gasteiger partial charge in [-0.15, -0.1) is 11.3 Å². The molecular weight excluding hydrogens is 256 g/mol. The summed E-state index contributed by atoms with van der Waals surface area (Å²) in [6.45, 7) is 1.19. The second kappa shape index (κ2) is 7.65. The molecule has 1 aliphatic carbocycles. The summed E-state index contributed by atoms with van der Waals surface area (Å²) in [4.78, 5) is 15.4. The van der Waals surface area contributed by atoms with Crippen LogP contribution in [0.4, 0.5) is 0 Å². The first kappa shape index (κ1) is 14.5. The highest BCUT2D eigenvalue weighted by atomic mass is 32.1. The normalized spacial score (nSPS) is 17.4. The molecule has 4 heteroatoms. The number of rotatable bonds is 5. The van der Waals surface area contributed by atoms with Gasteiger partial charge in [0.15, 0.2) is 0 Å². The smallest absolute Gasteiger partial charge is 0.234 e. The Kier molecular flexibility index (Phi) is 5.86. The van der Waals surface area contributed by atoms with Gasteiger partial charge in [-0.25, -0.2) is 0 Å². The predicted octanol–water partition coefficient (Wildman–Crippen LogP) is 3.02. The van der Waals surface area contributed by atoms with Crippen LogP contribution in [-0.2, 0) is 11.3 Å². The van der Waals surface area contributed by atoms with Crippen LogP contribution < -0.4 is 5.32 Å². The number of hydrogen-bond acceptors (Lipinski definition) is 3. The summed E-state index contributed by atoms with van der Waals surface area (Å²) in [5, 5.41) is 5.04. The molecule has 0 aliphatic heterocycles. The van der Waals surface area contributed by atoms with Gasteiger partial charge in [-0.1, -0.05) is 31.7 Å². The van der Waals surface area contributed by atoms with E-state index in [1.165, 1.54) is 43.4 Å². The van der Waals surface area contributed by atoms with Crippen molar-refractivity contribution in [3.63, 3.8) is 0 Å². The molecule has 0 aromatic carbocycles. The average Bonchev–Trinajstić information content (AvgIpc) is 2.76. The van der Waals surface area contributed by atoms with Gasteiger partial charge in [-0.3, -0.25) is 9.69 Å². The maximum absolute atomic E-state index is 11.9. The van der Waals surface area contributed by atoms with Gasteiger partial charge < -0.3 is 5.32 Å². The Labute approximate surface area is 120 Å². The van der Waals surface area contributed by atoms with Gasteiger partial charge >= 0.3 is 0 Å². The third kappa shape index (κ3) is 4.96. The highest BCUT2D eigenvalue weighted by Crippen LogP contribution is 2.20. The summed E-state index contributed by atoms with van der Waals surface area (Å²) in [6.07, 6.45) is 7.82. The van der Waals surface area contributed by atoms with E-state index in [1.807, 2.05) is 11.4 Å². The quantitative estimate of drug-likeness (QED) is 0.841. The van der Waals surface area contributed by atoms with E-state index in [0.29, 0.717) is 19.1 Å². The lowest BCUT2D eigenvalue weighted by Gasteiger charge is -2.26. The zero-order valence-corrected chi connectivity index (χ0v) is 12.5. The summed E-state index contributed by atoms with van der Waals surface area (Å²) in [5.74, 6) is 0.139. The number of nitrogens with one attached hydrogen (secondary N) is 1. The molecule has 1 aromatic heterocycles. The first-order chi connectivity index (χ1) is 9.25. The molecule has 1 saturated carbocycles. The van der Waals surface area contributed by atoms with Crippen LogP contribution in [-0.4, -0.2) is 30.4 Å². The molecule has 1 fully saturated rings. The van der Waals surface area contributed by atoms with E-state index in [4.69, 9.17) is 0 Å². The maximum Gasteiger partial charge on any atom is 0.234 e. The van der Waals surface area contributed by atoms with Crippen molar-refractivity contribution in [3.8, 4) is 0 Å². The number of carbonyl (C=O) groups excluding carboxylic acids is 1. The fourth-order valence-electron chi connectivity index (χ4n) is 2.71. The van der Waals surface area contributed by atoms with Crippen molar-refractivity contribution in [3.05, 3.63) is 22.4 Å². The highest BCUT2D eigenvalue weighted by molar-refractivity contribution is 7.09. The van der Waals surface area contributed by atoms with Crippen LogP contribution in [0.1, 0.15) is 43.4 Å². The third-order valence-corrected chi connectivity index (χ3v) is 4.76. The minimum Gasteiger partial charge on any atom is -0.350 e. The number of likely N-dealkylation sites (N-methyl/N-ethyl adjacent to an activating group) is 1. The van der Waals surface area contributed by atoms with Crippen LogP contribution in [0, 0.1) is 0 Å². The van der Waals surface area contributed by atoms with Crippen LogP contribution in [0.2, 0.25) is 0 Å². The van der Waals surface area contributed by atoms with Gasteiger partial charge in [0.1, 0.15) is 0 Å². The SMILES string of the molecule is CN(CC(=O)NCc1cccs1)C1CCCCCC1. The lowest BCUT2D eigenvalue weighted by atomic mass is 10.1. The molecule has 1 aliphatic rings. The third-order valence-electron chi connectivity index (χ3n) is 3.88. The molecule has 0 spiro atoms. The monoisotopic (exact) mass is 280 g/mol. The van der Waals surface area contributed by atoms with E-state index in [-0.39, 0.29) is 5.91 Å². The summed E-state index contributed by atoms with van der Waals surface area (Å²) >= 11 is 1.69. The van der Waals surface area contributed by atoms with Crippen molar-refractivity contribution in [1.29, 1.82) is 0 Å². The molecule has 0 radical (unpaired) electrons. The minimum atomic E-state index is 0.139. The average molecular weight is 280 g/mol. The van der Waals surface area contributed by atoms with Crippen LogP contribution in [0.3, 0.4) is 0 Å². The Morgan fingerprint density at radius 3 is 2.74 bits per heavy atom. The number of carbonyl (C=O) groups is 1. The van der Waals surface area contributed by atoms with E-state index in [2.05, 4.69) is 23.3 Å². The molecule has 19 heavy (non-hydrogen) atoms. The van der Waals surface area contributed by atoms with Crippen molar-refractivity contribution in [2.24, 2.45) is 0 Å². The van der Waals surface area contributed by atoms with Gasteiger partial charge in [-0.2, -0.15) is 0 Å². The molecule has 1 aromatic rings. The molecular formula is C15H24N2OS. The van der Waals surface area contributed by atoms with Crippen LogP contribution in [0.15, 0.2) is 17.5 Å². The van der Waals surface area contributed by atoms with Gasteiger partial charge in [0, 0.05) is 10.9 Å². The summed E-state index contributed by atoms with van der Waals surface area (Å²) in [7, 11) is 2.08. The van der Waals surface area contributed by atoms with Crippen molar-refractivity contribution in [2.45, 2.75) is 51.1 Å². The highest BCUT2D eigenvalue weighted by Gasteiger charge is 2.18. The van der Waals surface area contributed by atoms with E-state index in [1.54, 1.807) is 11.3 Å². The van der Waals surface area contributed by atoms with E-state index < -0.39 is 0 Å². The number of nitrogens with zero attached hydrogens (tertiary/aromatic N) is 1. The molecule has 1 heterocycles. The Morgan fingerprint density at radius 1 is 1.37 bits per heavy atom. The molecule has 2 rings (SSSR count). The number of hydrogen-bond donors (Lipinski definition) is 1. The minimum absolute atomic E-state index is 0.139. The maximum atomic E-state index is 11.9. The Balaban J connectivity index is 1.71. The van der Waals surface area contributed by atoms with Gasteiger partial charge in [-0.05, 0) is 31.3 Å². The lowest BCUT2D eigenvalue weighted by Crippen LogP contribution is -2.40. The van der Waals surface area contributed by atoms with E-state index in [0.717, 1.165) is 0 Å².